The van der Waals surface area contributed by atoms with E-state index in [0.29, 0.717) is 6.54 Å². The lowest BCUT2D eigenvalue weighted by atomic mass is 9.79. The van der Waals surface area contributed by atoms with E-state index in [2.05, 4.69) is 39.6 Å². The van der Waals surface area contributed by atoms with Crippen LogP contribution in [0.1, 0.15) is 35.8 Å². The predicted octanol–water partition coefficient (Wildman–Crippen LogP) is 3.72. The lowest BCUT2D eigenvalue weighted by molar-refractivity contribution is 0.420. The predicted molar refractivity (Wildman–Crippen MR) is 83.3 cm³/mol. The lowest BCUT2D eigenvalue weighted by Gasteiger charge is -2.25. The second-order valence-electron chi connectivity index (χ2n) is 5.48. The minimum Gasteiger partial charge on any atom is -0.248 e. The van der Waals surface area contributed by atoms with E-state index in [9.17, 15) is 0 Å². The number of thiazole rings is 1. The van der Waals surface area contributed by atoms with E-state index in [1.54, 1.807) is 11.3 Å². The Balaban J connectivity index is 1.57. The van der Waals surface area contributed by atoms with Crippen molar-refractivity contribution in [3.05, 3.63) is 52.6 Å². The quantitative estimate of drug-likeness (QED) is 0.737. The molecule has 0 saturated heterocycles. The van der Waals surface area contributed by atoms with Crippen molar-refractivity contribution in [2.24, 2.45) is 0 Å². The van der Waals surface area contributed by atoms with E-state index in [1.165, 1.54) is 24.8 Å². The summed E-state index contributed by atoms with van der Waals surface area (Å²) in [5.41, 5.74) is 3.53. The molecule has 0 N–H and O–H groups in total. The van der Waals surface area contributed by atoms with Gasteiger partial charge in [0.25, 0.3) is 0 Å². The Morgan fingerprint density at radius 3 is 3.00 bits per heavy atom. The summed E-state index contributed by atoms with van der Waals surface area (Å²) in [6, 6.07) is 8.73. The molecule has 1 aliphatic carbocycles. The molecule has 2 aromatic heterocycles. The van der Waals surface area contributed by atoms with Gasteiger partial charge in [0.1, 0.15) is 10.7 Å². The minimum absolute atomic E-state index is 0.687. The van der Waals surface area contributed by atoms with E-state index in [4.69, 9.17) is 0 Å². The van der Waals surface area contributed by atoms with E-state index in [0.717, 1.165) is 22.2 Å². The summed E-state index contributed by atoms with van der Waals surface area (Å²) < 4.78 is 1.85. The summed E-state index contributed by atoms with van der Waals surface area (Å²) in [6.45, 7) is 0.687. The summed E-state index contributed by atoms with van der Waals surface area (Å²) in [4.78, 5) is 4.28. The van der Waals surface area contributed by atoms with E-state index in [-0.39, 0.29) is 0 Å². The lowest BCUT2D eigenvalue weighted by Crippen LogP contribution is -2.08. The molecule has 0 bridgehead atoms. The minimum atomic E-state index is 0.687. The fourth-order valence-corrected chi connectivity index (χ4v) is 3.28. The number of aromatic nitrogens is 4. The zero-order valence-electron chi connectivity index (χ0n) is 11.6. The van der Waals surface area contributed by atoms with Crippen molar-refractivity contribution in [1.82, 2.24) is 20.0 Å². The van der Waals surface area contributed by atoms with Crippen LogP contribution in [0.5, 0.6) is 0 Å². The van der Waals surface area contributed by atoms with Crippen molar-refractivity contribution in [1.29, 1.82) is 0 Å². The molecule has 3 aromatic rings. The molecule has 0 spiro atoms. The highest BCUT2D eigenvalue weighted by Gasteiger charge is 2.19. The Kier molecular flexibility index (Phi) is 3.27. The maximum Gasteiger partial charge on any atom is 0.114 e. The molecule has 0 radical (unpaired) electrons. The molecule has 21 heavy (non-hydrogen) atoms. The van der Waals surface area contributed by atoms with Crippen LogP contribution in [-0.4, -0.2) is 20.0 Å². The van der Waals surface area contributed by atoms with Crippen LogP contribution in [0.2, 0.25) is 0 Å². The second-order valence-corrected chi connectivity index (χ2v) is 6.46. The molecule has 2 heterocycles. The van der Waals surface area contributed by atoms with Gasteiger partial charge in [0.2, 0.25) is 0 Å². The van der Waals surface area contributed by atoms with Crippen molar-refractivity contribution < 1.29 is 0 Å². The van der Waals surface area contributed by atoms with Crippen LogP contribution in [0.25, 0.3) is 11.3 Å². The fraction of sp³-hybridized carbons (Fsp3) is 0.312. The van der Waals surface area contributed by atoms with Crippen molar-refractivity contribution in [3.8, 4) is 11.3 Å². The summed E-state index contributed by atoms with van der Waals surface area (Å²) in [7, 11) is 0. The van der Waals surface area contributed by atoms with Crippen LogP contribution < -0.4 is 0 Å². The van der Waals surface area contributed by atoms with Crippen LogP contribution in [0.3, 0.4) is 0 Å². The van der Waals surface area contributed by atoms with Gasteiger partial charge in [-0.3, -0.25) is 0 Å². The van der Waals surface area contributed by atoms with Gasteiger partial charge in [-0.05, 0) is 30.4 Å². The molecule has 1 aliphatic rings. The number of nitrogens with zero attached hydrogens (tertiary/aromatic N) is 4. The van der Waals surface area contributed by atoms with Crippen LogP contribution in [-0.2, 0) is 6.54 Å². The molecule has 106 valence electrons. The van der Waals surface area contributed by atoms with Gasteiger partial charge in [-0.15, -0.1) is 16.4 Å². The normalized spacial score (nSPS) is 15.0. The second kappa shape index (κ2) is 5.41. The molecule has 0 aliphatic heterocycles. The Bertz CT molecular complexity index is 728. The molecule has 0 unspecified atom stereocenters. The average Bonchev–Trinajstić information content (AvgIpc) is 3.09. The van der Waals surface area contributed by atoms with Gasteiger partial charge in [-0.2, -0.15) is 0 Å². The standard InChI is InChI=1S/C16H16N4S/c1-3-12(4-1)13-5-2-6-14(9-13)15-10-20(19-18-15)11-16-17-7-8-21-16/h2,5-10,12H,1,3-4,11H2. The molecular formula is C16H16N4S. The maximum atomic E-state index is 4.30. The van der Waals surface area contributed by atoms with Crippen LogP contribution in [0, 0.1) is 0 Å². The van der Waals surface area contributed by atoms with Gasteiger partial charge < -0.3 is 0 Å². The highest BCUT2D eigenvalue weighted by molar-refractivity contribution is 7.09. The van der Waals surface area contributed by atoms with E-state index in [1.807, 2.05) is 22.5 Å². The maximum absolute atomic E-state index is 4.30. The summed E-state index contributed by atoms with van der Waals surface area (Å²) >= 11 is 1.64. The Morgan fingerprint density at radius 2 is 2.24 bits per heavy atom. The van der Waals surface area contributed by atoms with Crippen LogP contribution >= 0.6 is 11.3 Å². The fourth-order valence-electron chi connectivity index (χ4n) is 2.67. The van der Waals surface area contributed by atoms with Gasteiger partial charge >= 0.3 is 0 Å². The Morgan fingerprint density at radius 1 is 1.29 bits per heavy atom. The first-order valence-corrected chi connectivity index (χ1v) is 8.15. The number of rotatable bonds is 4. The third-order valence-corrected chi connectivity index (χ3v) is 4.84. The third kappa shape index (κ3) is 2.61. The topological polar surface area (TPSA) is 43.6 Å². The highest BCUT2D eigenvalue weighted by atomic mass is 32.1. The van der Waals surface area contributed by atoms with E-state index >= 15 is 0 Å². The first-order valence-electron chi connectivity index (χ1n) is 7.27. The van der Waals surface area contributed by atoms with Gasteiger partial charge in [0, 0.05) is 17.1 Å². The van der Waals surface area contributed by atoms with Gasteiger partial charge in [-0.25, -0.2) is 9.67 Å². The van der Waals surface area contributed by atoms with Crippen molar-refractivity contribution in [2.75, 3.05) is 0 Å². The molecule has 1 fully saturated rings. The van der Waals surface area contributed by atoms with Crippen molar-refractivity contribution in [3.63, 3.8) is 0 Å². The summed E-state index contributed by atoms with van der Waals surface area (Å²) in [5, 5.41) is 11.5. The first-order chi connectivity index (χ1) is 10.4. The van der Waals surface area contributed by atoms with Crippen LogP contribution in [0.15, 0.2) is 42.0 Å². The number of hydrogen-bond acceptors (Lipinski definition) is 4. The van der Waals surface area contributed by atoms with Crippen molar-refractivity contribution in [2.45, 2.75) is 31.7 Å². The number of hydrogen-bond donors (Lipinski definition) is 0. The Hall–Kier alpha value is -2.01. The van der Waals surface area contributed by atoms with Gasteiger partial charge in [0.15, 0.2) is 0 Å². The molecule has 5 heteroatoms. The average molecular weight is 296 g/mol. The summed E-state index contributed by atoms with van der Waals surface area (Å²) in [5.74, 6) is 0.746. The third-order valence-electron chi connectivity index (χ3n) is 4.08. The molecule has 0 atom stereocenters. The molecule has 1 aromatic carbocycles. The number of benzene rings is 1. The van der Waals surface area contributed by atoms with Gasteiger partial charge in [0.05, 0.1) is 12.7 Å². The zero-order chi connectivity index (χ0) is 14.1. The Labute approximate surface area is 127 Å². The molecule has 0 amide bonds. The summed E-state index contributed by atoms with van der Waals surface area (Å²) in [6.07, 6.45) is 7.82. The first kappa shape index (κ1) is 12.7. The SMILES string of the molecule is c1cc(-c2cn(Cc3nccs3)nn2)cc(C2CCC2)c1. The van der Waals surface area contributed by atoms with Gasteiger partial charge in [-0.1, -0.05) is 29.8 Å². The molecule has 4 nitrogen and oxygen atoms in total. The largest absolute Gasteiger partial charge is 0.248 e. The zero-order valence-corrected chi connectivity index (χ0v) is 12.5. The molecule has 4 rings (SSSR count). The van der Waals surface area contributed by atoms with Crippen LogP contribution in [0.4, 0.5) is 0 Å². The smallest absolute Gasteiger partial charge is 0.114 e. The highest BCUT2D eigenvalue weighted by Crippen LogP contribution is 2.37. The molecule has 1 saturated carbocycles. The van der Waals surface area contributed by atoms with E-state index < -0.39 is 0 Å². The monoisotopic (exact) mass is 296 g/mol. The van der Waals surface area contributed by atoms with Crippen molar-refractivity contribution >= 4 is 11.3 Å². The molecular weight excluding hydrogens is 280 g/mol.